The minimum absolute atomic E-state index is 0.107. The van der Waals surface area contributed by atoms with Crippen LogP contribution in [0.5, 0.6) is 0 Å². The minimum atomic E-state index is 0.107. The SMILES string of the molecule is CC(=O)c1ccc2c(c1)c1c(C)c3c[n+](C)ccc3c(C)c1n2C. The number of nitrogens with zero attached hydrogens (tertiary/aromatic N) is 2. The molecule has 3 nitrogen and oxygen atoms in total. The van der Waals surface area contributed by atoms with E-state index in [0.717, 1.165) is 10.9 Å². The van der Waals surface area contributed by atoms with E-state index in [-0.39, 0.29) is 5.78 Å². The van der Waals surface area contributed by atoms with Crippen molar-refractivity contribution in [1.82, 2.24) is 4.57 Å². The highest BCUT2D eigenvalue weighted by Gasteiger charge is 2.18. The Morgan fingerprint density at radius 1 is 1.04 bits per heavy atom. The van der Waals surface area contributed by atoms with Crippen LogP contribution in [0.3, 0.4) is 0 Å². The van der Waals surface area contributed by atoms with Crippen molar-refractivity contribution < 1.29 is 9.36 Å². The maximum atomic E-state index is 11.8. The number of benzene rings is 2. The molecule has 0 spiro atoms. The summed E-state index contributed by atoms with van der Waals surface area (Å²) >= 11 is 0. The van der Waals surface area contributed by atoms with Crippen molar-refractivity contribution >= 4 is 38.4 Å². The maximum Gasteiger partial charge on any atom is 0.176 e. The minimum Gasteiger partial charge on any atom is -0.343 e. The zero-order valence-electron chi connectivity index (χ0n) is 14.8. The molecule has 3 heteroatoms. The Bertz CT molecular complexity index is 1170. The first kappa shape index (κ1) is 14.9. The highest BCUT2D eigenvalue weighted by Crippen LogP contribution is 2.38. The number of hydrogen-bond acceptors (Lipinski definition) is 1. The summed E-state index contributed by atoms with van der Waals surface area (Å²) in [5.74, 6) is 0.107. The molecule has 0 unspecified atom stereocenters. The first-order valence-electron chi connectivity index (χ1n) is 8.21. The standard InChI is InChI=1S/C21H21N2O/c1-12-18-11-22(4)9-8-16(18)13(2)21-20(12)17-10-15(14(3)24)6-7-19(17)23(21)5/h6-11H,1-5H3/q+1. The molecule has 2 aromatic heterocycles. The van der Waals surface area contributed by atoms with E-state index < -0.39 is 0 Å². The van der Waals surface area contributed by atoms with Crippen LogP contribution in [-0.4, -0.2) is 10.4 Å². The van der Waals surface area contributed by atoms with Gasteiger partial charge in [-0.3, -0.25) is 4.79 Å². The number of Topliss-reactive ketones (excluding diaryl/α,β-unsaturated/α-hetero) is 1. The smallest absolute Gasteiger partial charge is 0.176 e. The summed E-state index contributed by atoms with van der Waals surface area (Å²) < 4.78 is 4.34. The third kappa shape index (κ3) is 1.84. The van der Waals surface area contributed by atoms with Crippen LogP contribution in [0.25, 0.3) is 32.6 Å². The van der Waals surface area contributed by atoms with Crippen LogP contribution in [-0.2, 0) is 14.1 Å². The normalized spacial score (nSPS) is 11.7. The molecule has 2 aromatic carbocycles. The summed E-state index contributed by atoms with van der Waals surface area (Å²) in [7, 11) is 4.16. The Kier molecular flexibility index (Phi) is 3.04. The van der Waals surface area contributed by atoms with E-state index in [1.807, 2.05) is 12.1 Å². The average Bonchev–Trinajstić information content (AvgIpc) is 2.85. The van der Waals surface area contributed by atoms with E-state index in [4.69, 9.17) is 0 Å². The monoisotopic (exact) mass is 317 g/mol. The van der Waals surface area contributed by atoms with Crippen LogP contribution in [0.4, 0.5) is 0 Å². The third-order valence-corrected chi connectivity index (χ3v) is 5.24. The largest absolute Gasteiger partial charge is 0.343 e. The number of rotatable bonds is 1. The molecule has 24 heavy (non-hydrogen) atoms. The van der Waals surface area contributed by atoms with Crippen molar-refractivity contribution in [2.24, 2.45) is 14.1 Å². The highest BCUT2D eigenvalue weighted by molar-refractivity contribution is 6.17. The topological polar surface area (TPSA) is 25.9 Å². The molecule has 0 fully saturated rings. The van der Waals surface area contributed by atoms with E-state index in [9.17, 15) is 4.79 Å². The lowest BCUT2D eigenvalue weighted by molar-refractivity contribution is -0.670. The predicted molar refractivity (Wildman–Crippen MR) is 98.6 cm³/mol. The van der Waals surface area contributed by atoms with Crippen molar-refractivity contribution in [2.75, 3.05) is 0 Å². The van der Waals surface area contributed by atoms with E-state index in [1.165, 1.54) is 38.3 Å². The summed E-state index contributed by atoms with van der Waals surface area (Å²) in [6.45, 7) is 6.00. The predicted octanol–water partition coefficient (Wildman–Crippen LogP) is 4.13. The van der Waals surface area contributed by atoms with Crippen LogP contribution < -0.4 is 4.57 Å². The van der Waals surface area contributed by atoms with Crippen molar-refractivity contribution in [1.29, 1.82) is 0 Å². The molecule has 120 valence electrons. The number of aromatic nitrogens is 2. The fourth-order valence-electron chi connectivity index (χ4n) is 3.97. The average molecular weight is 317 g/mol. The van der Waals surface area contributed by atoms with Gasteiger partial charge in [0.1, 0.15) is 7.05 Å². The van der Waals surface area contributed by atoms with Crippen molar-refractivity contribution in [3.63, 3.8) is 0 Å². The molecule has 0 saturated heterocycles. The van der Waals surface area contributed by atoms with Crippen LogP contribution in [0.2, 0.25) is 0 Å². The van der Waals surface area contributed by atoms with Gasteiger partial charge in [-0.25, -0.2) is 4.57 Å². The van der Waals surface area contributed by atoms with Crippen LogP contribution in [0, 0.1) is 13.8 Å². The number of carbonyl (C=O) groups is 1. The van der Waals surface area contributed by atoms with E-state index in [2.05, 4.69) is 61.6 Å². The lowest BCUT2D eigenvalue weighted by atomic mass is 9.96. The van der Waals surface area contributed by atoms with Crippen LogP contribution in [0.15, 0.2) is 36.7 Å². The van der Waals surface area contributed by atoms with Gasteiger partial charge in [-0.15, -0.1) is 0 Å². The summed E-state index contributed by atoms with van der Waals surface area (Å²) in [6, 6.07) is 8.22. The van der Waals surface area contributed by atoms with Crippen molar-refractivity contribution in [3.05, 3.63) is 53.3 Å². The van der Waals surface area contributed by atoms with Gasteiger partial charge in [0.2, 0.25) is 0 Å². The molecule has 0 N–H and O–H groups in total. The molecular formula is C21H21N2O+. The summed E-state index contributed by atoms with van der Waals surface area (Å²) in [6.07, 6.45) is 4.28. The number of pyridine rings is 1. The molecule has 0 amide bonds. The molecule has 0 aliphatic rings. The second-order valence-corrected chi connectivity index (χ2v) is 6.76. The van der Waals surface area contributed by atoms with Gasteiger partial charge < -0.3 is 4.57 Å². The molecule has 0 radical (unpaired) electrons. The molecule has 2 heterocycles. The molecular weight excluding hydrogens is 296 g/mol. The summed E-state index contributed by atoms with van der Waals surface area (Å²) in [5.41, 5.74) is 5.75. The van der Waals surface area contributed by atoms with Crippen molar-refractivity contribution in [2.45, 2.75) is 20.8 Å². The fraction of sp³-hybridized carbons (Fsp3) is 0.238. The van der Waals surface area contributed by atoms with Gasteiger partial charge in [0.25, 0.3) is 0 Å². The Morgan fingerprint density at radius 2 is 1.79 bits per heavy atom. The lowest BCUT2D eigenvalue weighted by Crippen LogP contribution is -2.26. The van der Waals surface area contributed by atoms with E-state index >= 15 is 0 Å². The Balaban J connectivity index is 2.32. The number of carbonyl (C=O) groups excluding carboxylic acids is 1. The second kappa shape index (κ2) is 4.91. The van der Waals surface area contributed by atoms with Gasteiger partial charge in [-0.1, -0.05) is 0 Å². The van der Waals surface area contributed by atoms with E-state index in [0.29, 0.717) is 0 Å². The van der Waals surface area contributed by atoms with Gasteiger partial charge >= 0.3 is 0 Å². The number of fused-ring (bicyclic) bond motifs is 4. The van der Waals surface area contributed by atoms with Crippen molar-refractivity contribution in [3.8, 4) is 0 Å². The molecule has 4 rings (SSSR count). The molecule has 0 bridgehead atoms. The highest BCUT2D eigenvalue weighted by atomic mass is 16.1. The zero-order chi connectivity index (χ0) is 17.2. The molecule has 0 aliphatic carbocycles. The third-order valence-electron chi connectivity index (χ3n) is 5.24. The Morgan fingerprint density at radius 3 is 2.50 bits per heavy atom. The fourth-order valence-corrected chi connectivity index (χ4v) is 3.97. The van der Waals surface area contributed by atoms with Gasteiger partial charge in [-0.05, 0) is 55.5 Å². The lowest BCUT2D eigenvalue weighted by Gasteiger charge is -2.09. The maximum absolute atomic E-state index is 11.8. The number of aryl methyl sites for hydroxylation is 4. The summed E-state index contributed by atoms with van der Waals surface area (Å²) in [5, 5.41) is 4.97. The molecule has 0 saturated carbocycles. The van der Waals surface area contributed by atoms with Gasteiger partial charge in [0, 0.05) is 40.4 Å². The molecule has 4 aromatic rings. The zero-order valence-corrected chi connectivity index (χ0v) is 14.8. The molecule has 0 aliphatic heterocycles. The van der Waals surface area contributed by atoms with Crippen LogP contribution >= 0.6 is 0 Å². The van der Waals surface area contributed by atoms with Gasteiger partial charge in [-0.2, -0.15) is 0 Å². The summed E-state index contributed by atoms with van der Waals surface area (Å²) in [4.78, 5) is 11.8. The second-order valence-electron chi connectivity index (χ2n) is 6.76. The Labute approximate surface area is 141 Å². The quantitative estimate of drug-likeness (QED) is 0.383. The number of ketones is 1. The number of hydrogen-bond donors (Lipinski definition) is 0. The van der Waals surface area contributed by atoms with Gasteiger partial charge in [0.15, 0.2) is 18.2 Å². The molecule has 0 atom stereocenters. The van der Waals surface area contributed by atoms with E-state index in [1.54, 1.807) is 6.92 Å². The van der Waals surface area contributed by atoms with Gasteiger partial charge in [0.05, 0.1) is 5.52 Å². The van der Waals surface area contributed by atoms with Crippen LogP contribution in [0.1, 0.15) is 28.4 Å². The first-order valence-corrected chi connectivity index (χ1v) is 8.21. The first-order chi connectivity index (χ1) is 11.4. The Hall–Kier alpha value is -2.68.